The van der Waals surface area contributed by atoms with Crippen LogP contribution in [-0.4, -0.2) is 39.3 Å². The molecule has 0 aliphatic heterocycles. The highest BCUT2D eigenvalue weighted by atomic mass is 19.1. The lowest BCUT2D eigenvalue weighted by Crippen LogP contribution is -2.42. The number of aliphatic imine (C=N–C) groups is 1. The SMILES string of the molecule is CCOCCNC(=NC)NCC1(c2cccc(F)c2)CC1. The van der Waals surface area contributed by atoms with Crippen molar-refractivity contribution in [3.8, 4) is 0 Å². The fraction of sp³-hybridized carbons (Fsp3) is 0.562. The minimum atomic E-state index is -0.169. The monoisotopic (exact) mass is 293 g/mol. The lowest BCUT2D eigenvalue weighted by atomic mass is 9.96. The first-order valence-electron chi connectivity index (χ1n) is 7.48. The Hall–Kier alpha value is -1.62. The zero-order valence-corrected chi connectivity index (χ0v) is 12.8. The number of ether oxygens (including phenoxy) is 1. The van der Waals surface area contributed by atoms with E-state index in [9.17, 15) is 4.39 Å². The van der Waals surface area contributed by atoms with Crippen LogP contribution in [0.2, 0.25) is 0 Å². The van der Waals surface area contributed by atoms with Crippen molar-refractivity contribution >= 4 is 5.96 Å². The van der Waals surface area contributed by atoms with Gasteiger partial charge in [-0.3, -0.25) is 4.99 Å². The third kappa shape index (κ3) is 4.43. The molecule has 0 radical (unpaired) electrons. The van der Waals surface area contributed by atoms with E-state index in [1.807, 2.05) is 13.0 Å². The number of nitrogens with zero attached hydrogens (tertiary/aromatic N) is 1. The van der Waals surface area contributed by atoms with Gasteiger partial charge in [0.1, 0.15) is 5.82 Å². The molecule has 5 heteroatoms. The largest absolute Gasteiger partial charge is 0.380 e. The summed E-state index contributed by atoms with van der Waals surface area (Å²) in [6.45, 7) is 4.84. The molecular formula is C16H24FN3O. The van der Waals surface area contributed by atoms with Gasteiger partial charge in [0.25, 0.3) is 0 Å². The Morgan fingerprint density at radius 1 is 1.38 bits per heavy atom. The van der Waals surface area contributed by atoms with Gasteiger partial charge in [-0.15, -0.1) is 0 Å². The molecule has 0 aromatic heterocycles. The van der Waals surface area contributed by atoms with Crippen LogP contribution in [0, 0.1) is 5.82 Å². The summed E-state index contributed by atoms with van der Waals surface area (Å²) >= 11 is 0. The molecule has 1 fully saturated rings. The summed E-state index contributed by atoms with van der Waals surface area (Å²) in [5, 5.41) is 6.54. The zero-order valence-electron chi connectivity index (χ0n) is 12.8. The number of guanidine groups is 1. The van der Waals surface area contributed by atoms with Crippen LogP contribution in [0.3, 0.4) is 0 Å². The second kappa shape index (κ2) is 7.41. The summed E-state index contributed by atoms with van der Waals surface area (Å²) in [5.41, 5.74) is 1.12. The van der Waals surface area contributed by atoms with Crippen LogP contribution in [0.15, 0.2) is 29.3 Å². The fourth-order valence-corrected chi connectivity index (χ4v) is 2.40. The fourth-order valence-electron chi connectivity index (χ4n) is 2.40. The molecule has 0 amide bonds. The smallest absolute Gasteiger partial charge is 0.191 e. The Bertz CT molecular complexity index is 486. The predicted octanol–water partition coefficient (Wildman–Crippen LogP) is 2.06. The van der Waals surface area contributed by atoms with Crippen molar-refractivity contribution in [3.05, 3.63) is 35.6 Å². The molecule has 0 spiro atoms. The third-order valence-electron chi connectivity index (χ3n) is 3.85. The lowest BCUT2D eigenvalue weighted by Gasteiger charge is -2.19. The zero-order chi connectivity index (χ0) is 15.1. The van der Waals surface area contributed by atoms with Crippen molar-refractivity contribution in [2.75, 3.05) is 33.4 Å². The van der Waals surface area contributed by atoms with Crippen LogP contribution in [0.5, 0.6) is 0 Å². The van der Waals surface area contributed by atoms with Crippen LogP contribution in [0.25, 0.3) is 0 Å². The van der Waals surface area contributed by atoms with Crippen LogP contribution in [0.1, 0.15) is 25.3 Å². The highest BCUT2D eigenvalue weighted by Crippen LogP contribution is 2.47. The Balaban J connectivity index is 1.84. The molecule has 0 atom stereocenters. The van der Waals surface area contributed by atoms with Gasteiger partial charge in [0.2, 0.25) is 0 Å². The van der Waals surface area contributed by atoms with E-state index in [2.05, 4.69) is 15.6 Å². The van der Waals surface area contributed by atoms with Crippen LogP contribution >= 0.6 is 0 Å². The average Bonchev–Trinajstić information content (AvgIpc) is 3.28. The molecule has 1 aromatic rings. The summed E-state index contributed by atoms with van der Waals surface area (Å²) in [6.07, 6.45) is 2.17. The number of halogens is 1. The molecule has 21 heavy (non-hydrogen) atoms. The summed E-state index contributed by atoms with van der Waals surface area (Å²) in [5.74, 6) is 0.593. The molecule has 0 heterocycles. The van der Waals surface area contributed by atoms with Gasteiger partial charge in [0.05, 0.1) is 6.61 Å². The maximum absolute atomic E-state index is 13.4. The number of nitrogens with one attached hydrogen (secondary N) is 2. The minimum Gasteiger partial charge on any atom is -0.380 e. The summed E-state index contributed by atoms with van der Waals surface area (Å²) in [4.78, 5) is 4.19. The van der Waals surface area contributed by atoms with Gasteiger partial charge in [0.15, 0.2) is 5.96 Å². The van der Waals surface area contributed by atoms with Gasteiger partial charge in [-0.1, -0.05) is 12.1 Å². The van der Waals surface area contributed by atoms with E-state index >= 15 is 0 Å². The maximum Gasteiger partial charge on any atom is 0.191 e. The van der Waals surface area contributed by atoms with Crippen molar-refractivity contribution in [1.82, 2.24) is 10.6 Å². The topological polar surface area (TPSA) is 45.6 Å². The van der Waals surface area contributed by atoms with E-state index in [4.69, 9.17) is 4.74 Å². The molecule has 2 N–H and O–H groups in total. The number of rotatable bonds is 7. The number of benzene rings is 1. The number of hydrogen-bond donors (Lipinski definition) is 2. The highest BCUT2D eigenvalue weighted by molar-refractivity contribution is 5.79. The van der Waals surface area contributed by atoms with Crippen molar-refractivity contribution in [1.29, 1.82) is 0 Å². The minimum absolute atomic E-state index is 0.0552. The normalized spacial score (nSPS) is 16.6. The van der Waals surface area contributed by atoms with Gasteiger partial charge in [-0.2, -0.15) is 0 Å². The first kappa shape index (κ1) is 15.8. The summed E-state index contributed by atoms with van der Waals surface area (Å²) in [7, 11) is 1.75. The van der Waals surface area contributed by atoms with E-state index in [-0.39, 0.29) is 11.2 Å². The Morgan fingerprint density at radius 3 is 2.81 bits per heavy atom. The van der Waals surface area contributed by atoms with Crippen LogP contribution < -0.4 is 10.6 Å². The molecular weight excluding hydrogens is 269 g/mol. The predicted molar refractivity (Wildman–Crippen MR) is 83.2 cm³/mol. The second-order valence-electron chi connectivity index (χ2n) is 5.34. The molecule has 0 saturated heterocycles. The molecule has 4 nitrogen and oxygen atoms in total. The number of hydrogen-bond acceptors (Lipinski definition) is 2. The van der Waals surface area contributed by atoms with Gasteiger partial charge in [-0.05, 0) is 37.5 Å². The highest BCUT2D eigenvalue weighted by Gasteiger charge is 2.44. The molecule has 116 valence electrons. The Morgan fingerprint density at radius 2 is 2.19 bits per heavy atom. The molecule has 1 saturated carbocycles. The van der Waals surface area contributed by atoms with E-state index < -0.39 is 0 Å². The van der Waals surface area contributed by atoms with E-state index in [1.165, 1.54) is 6.07 Å². The van der Waals surface area contributed by atoms with Crippen molar-refractivity contribution < 1.29 is 9.13 Å². The second-order valence-corrected chi connectivity index (χ2v) is 5.34. The molecule has 0 unspecified atom stereocenters. The lowest BCUT2D eigenvalue weighted by molar-refractivity contribution is 0.152. The van der Waals surface area contributed by atoms with Gasteiger partial charge >= 0.3 is 0 Å². The maximum atomic E-state index is 13.4. The molecule has 1 aliphatic carbocycles. The van der Waals surface area contributed by atoms with Crippen molar-refractivity contribution in [2.45, 2.75) is 25.2 Å². The van der Waals surface area contributed by atoms with Gasteiger partial charge in [0, 0.05) is 32.2 Å². The molecule has 1 aliphatic rings. The summed E-state index contributed by atoms with van der Waals surface area (Å²) in [6, 6.07) is 6.91. The van der Waals surface area contributed by atoms with Crippen molar-refractivity contribution in [2.24, 2.45) is 4.99 Å². The molecule has 0 bridgehead atoms. The standard InChI is InChI=1S/C16H24FN3O/c1-3-21-10-9-19-15(18-2)20-12-16(7-8-16)13-5-4-6-14(17)11-13/h4-6,11H,3,7-10,12H2,1-2H3,(H2,18,19,20). The van der Waals surface area contributed by atoms with Gasteiger partial charge < -0.3 is 15.4 Å². The van der Waals surface area contributed by atoms with Gasteiger partial charge in [-0.25, -0.2) is 4.39 Å². The Kier molecular flexibility index (Phi) is 5.56. The third-order valence-corrected chi connectivity index (χ3v) is 3.85. The van der Waals surface area contributed by atoms with Crippen molar-refractivity contribution in [3.63, 3.8) is 0 Å². The first-order chi connectivity index (χ1) is 10.2. The molecule has 2 rings (SSSR count). The average molecular weight is 293 g/mol. The first-order valence-corrected chi connectivity index (χ1v) is 7.48. The Labute approximate surface area is 125 Å². The molecule has 1 aromatic carbocycles. The van der Waals surface area contributed by atoms with E-state index in [0.29, 0.717) is 6.61 Å². The van der Waals surface area contributed by atoms with Crippen LogP contribution in [0.4, 0.5) is 4.39 Å². The van der Waals surface area contributed by atoms with E-state index in [0.717, 1.165) is 44.1 Å². The quantitative estimate of drug-likeness (QED) is 0.459. The van der Waals surface area contributed by atoms with E-state index in [1.54, 1.807) is 19.2 Å². The summed E-state index contributed by atoms with van der Waals surface area (Å²) < 4.78 is 18.6. The van der Waals surface area contributed by atoms with Crippen LogP contribution in [-0.2, 0) is 10.2 Å².